The van der Waals surface area contributed by atoms with E-state index in [1.165, 1.54) is 0 Å². The van der Waals surface area contributed by atoms with Crippen molar-refractivity contribution in [3.8, 4) is 0 Å². The third-order valence-electron chi connectivity index (χ3n) is 0.603. The Hall–Kier alpha value is -0.850. The molecule has 0 saturated carbocycles. The molecule has 0 heterocycles. The number of amides is 2. The summed E-state index contributed by atoms with van der Waals surface area (Å²) < 4.78 is 0. The predicted molar refractivity (Wildman–Crippen MR) is 30.8 cm³/mol. The SMILES string of the molecule is NOCC(N)NC(N)=O. The maximum absolute atomic E-state index is 10.0. The van der Waals surface area contributed by atoms with Gasteiger partial charge < -0.3 is 21.6 Å². The molecular weight excluding hydrogens is 124 g/mol. The molecule has 0 saturated heterocycles. The van der Waals surface area contributed by atoms with Crippen LogP contribution in [0, 0.1) is 0 Å². The van der Waals surface area contributed by atoms with Crippen molar-refractivity contribution in [2.24, 2.45) is 17.4 Å². The Morgan fingerprint density at radius 3 is 2.67 bits per heavy atom. The fraction of sp³-hybridized carbons (Fsp3) is 0.667. The molecule has 2 amide bonds. The Morgan fingerprint density at radius 2 is 2.33 bits per heavy atom. The minimum atomic E-state index is -0.695. The van der Waals surface area contributed by atoms with E-state index < -0.39 is 12.2 Å². The van der Waals surface area contributed by atoms with E-state index in [1.807, 2.05) is 0 Å². The second kappa shape index (κ2) is 4.07. The van der Waals surface area contributed by atoms with Gasteiger partial charge in [-0.05, 0) is 0 Å². The molecule has 6 heteroatoms. The molecule has 9 heavy (non-hydrogen) atoms. The number of urea groups is 1. The first-order chi connectivity index (χ1) is 4.16. The Bertz CT molecular complexity index is 95.8. The van der Waals surface area contributed by atoms with E-state index in [9.17, 15) is 4.79 Å². The molecule has 6 nitrogen and oxygen atoms in total. The summed E-state index contributed by atoms with van der Waals surface area (Å²) in [7, 11) is 0. The fourth-order valence-electron chi connectivity index (χ4n) is 0.328. The van der Waals surface area contributed by atoms with E-state index in [-0.39, 0.29) is 6.61 Å². The van der Waals surface area contributed by atoms with E-state index in [0.717, 1.165) is 0 Å². The lowest BCUT2D eigenvalue weighted by Gasteiger charge is -2.08. The molecule has 0 aromatic rings. The van der Waals surface area contributed by atoms with Gasteiger partial charge in [-0.15, -0.1) is 0 Å². The van der Waals surface area contributed by atoms with Crippen LogP contribution in [-0.4, -0.2) is 18.8 Å². The first kappa shape index (κ1) is 8.15. The van der Waals surface area contributed by atoms with Crippen LogP contribution in [-0.2, 0) is 4.84 Å². The summed E-state index contributed by atoms with van der Waals surface area (Å²) in [6, 6.07) is -0.695. The number of carbonyl (C=O) groups excluding carboxylic acids is 1. The van der Waals surface area contributed by atoms with Crippen molar-refractivity contribution in [2.75, 3.05) is 6.61 Å². The van der Waals surface area contributed by atoms with Gasteiger partial charge in [-0.3, -0.25) is 0 Å². The van der Waals surface area contributed by atoms with E-state index in [0.29, 0.717) is 0 Å². The highest BCUT2D eigenvalue weighted by molar-refractivity contribution is 5.71. The van der Waals surface area contributed by atoms with Gasteiger partial charge in [0.25, 0.3) is 0 Å². The Labute approximate surface area is 52.3 Å². The summed E-state index contributed by atoms with van der Waals surface area (Å²) in [5, 5.41) is 2.16. The number of hydrogen-bond donors (Lipinski definition) is 4. The largest absolute Gasteiger partial charge is 0.352 e. The lowest BCUT2D eigenvalue weighted by atomic mass is 10.5. The van der Waals surface area contributed by atoms with Crippen LogP contribution >= 0.6 is 0 Å². The number of rotatable bonds is 3. The summed E-state index contributed by atoms with van der Waals surface area (Å²) in [6.07, 6.45) is -0.632. The van der Waals surface area contributed by atoms with Crippen molar-refractivity contribution in [3.05, 3.63) is 0 Å². The van der Waals surface area contributed by atoms with Crippen molar-refractivity contribution >= 4 is 6.03 Å². The van der Waals surface area contributed by atoms with Crippen LogP contribution in [0.1, 0.15) is 0 Å². The second-order valence-corrected chi connectivity index (χ2v) is 1.45. The van der Waals surface area contributed by atoms with E-state index in [1.54, 1.807) is 0 Å². The van der Waals surface area contributed by atoms with Crippen molar-refractivity contribution < 1.29 is 9.63 Å². The highest BCUT2D eigenvalue weighted by Gasteiger charge is 2.01. The highest BCUT2D eigenvalue weighted by Crippen LogP contribution is 1.68. The number of carbonyl (C=O) groups is 1. The van der Waals surface area contributed by atoms with Crippen molar-refractivity contribution in [3.63, 3.8) is 0 Å². The minimum Gasteiger partial charge on any atom is -0.352 e. The van der Waals surface area contributed by atoms with Gasteiger partial charge in [-0.1, -0.05) is 0 Å². The molecule has 0 spiro atoms. The van der Waals surface area contributed by atoms with Gasteiger partial charge in [0, 0.05) is 0 Å². The summed E-state index contributed by atoms with van der Waals surface area (Å²) in [5.74, 6) is 4.63. The fourth-order valence-corrected chi connectivity index (χ4v) is 0.328. The second-order valence-electron chi connectivity index (χ2n) is 1.45. The van der Waals surface area contributed by atoms with Crippen LogP contribution in [0.3, 0.4) is 0 Å². The molecule has 0 aromatic carbocycles. The predicted octanol–water partition coefficient (Wildman–Crippen LogP) is -2.17. The van der Waals surface area contributed by atoms with Gasteiger partial charge >= 0.3 is 6.03 Å². The molecule has 54 valence electrons. The standard InChI is InChI=1S/C3H10N4O2/c4-2(1-9-6)7-3(5)8/h2H,1,4,6H2,(H3,5,7,8). The van der Waals surface area contributed by atoms with Crippen molar-refractivity contribution in [1.29, 1.82) is 0 Å². The molecule has 0 bridgehead atoms. The smallest absolute Gasteiger partial charge is 0.313 e. The molecule has 1 unspecified atom stereocenters. The molecular formula is C3H10N4O2. The van der Waals surface area contributed by atoms with Crippen LogP contribution in [0.4, 0.5) is 4.79 Å². The topological polar surface area (TPSA) is 116 Å². The van der Waals surface area contributed by atoms with E-state index >= 15 is 0 Å². The Morgan fingerprint density at radius 1 is 1.78 bits per heavy atom. The average molecular weight is 134 g/mol. The van der Waals surface area contributed by atoms with Crippen molar-refractivity contribution in [1.82, 2.24) is 5.32 Å². The summed E-state index contributed by atoms with van der Waals surface area (Å²) in [5.41, 5.74) is 9.87. The normalized spacial score (nSPS) is 12.7. The molecule has 7 N–H and O–H groups in total. The Kier molecular flexibility index (Phi) is 3.69. The van der Waals surface area contributed by atoms with Crippen molar-refractivity contribution in [2.45, 2.75) is 6.17 Å². The highest BCUT2D eigenvalue weighted by atomic mass is 16.6. The monoisotopic (exact) mass is 134 g/mol. The number of hydrogen-bond acceptors (Lipinski definition) is 4. The number of primary amides is 1. The third-order valence-corrected chi connectivity index (χ3v) is 0.603. The molecule has 0 fully saturated rings. The zero-order valence-corrected chi connectivity index (χ0v) is 4.83. The van der Waals surface area contributed by atoms with Gasteiger partial charge in [0.1, 0.15) is 12.8 Å². The molecule has 0 aliphatic rings. The van der Waals surface area contributed by atoms with Gasteiger partial charge in [0.2, 0.25) is 0 Å². The van der Waals surface area contributed by atoms with Crippen LogP contribution < -0.4 is 22.7 Å². The molecule has 0 aliphatic carbocycles. The zero-order valence-electron chi connectivity index (χ0n) is 4.83. The molecule has 0 aliphatic heterocycles. The van der Waals surface area contributed by atoms with Gasteiger partial charge in [-0.2, -0.15) is 0 Å². The first-order valence-electron chi connectivity index (χ1n) is 2.30. The van der Waals surface area contributed by atoms with Crippen LogP contribution in [0.5, 0.6) is 0 Å². The number of nitrogens with one attached hydrogen (secondary N) is 1. The minimum absolute atomic E-state index is 0.0446. The summed E-state index contributed by atoms with van der Waals surface area (Å²) >= 11 is 0. The van der Waals surface area contributed by atoms with Crippen LogP contribution in [0.2, 0.25) is 0 Å². The molecule has 0 aromatic heterocycles. The van der Waals surface area contributed by atoms with Crippen LogP contribution in [0.25, 0.3) is 0 Å². The lowest BCUT2D eigenvalue weighted by Crippen LogP contribution is -2.47. The summed E-state index contributed by atoms with van der Waals surface area (Å²) in [6.45, 7) is 0.0446. The molecule has 1 atom stereocenters. The maximum Gasteiger partial charge on any atom is 0.313 e. The van der Waals surface area contributed by atoms with Crippen LogP contribution in [0.15, 0.2) is 0 Å². The third kappa shape index (κ3) is 5.01. The van der Waals surface area contributed by atoms with E-state index in [4.69, 9.17) is 11.5 Å². The quantitative estimate of drug-likeness (QED) is 0.259. The molecule has 0 rings (SSSR count). The number of nitrogens with two attached hydrogens (primary N) is 3. The Balaban J connectivity index is 3.26. The van der Waals surface area contributed by atoms with Gasteiger partial charge in [-0.25, -0.2) is 10.7 Å². The molecule has 0 radical (unpaired) electrons. The lowest BCUT2D eigenvalue weighted by molar-refractivity contribution is 0.117. The maximum atomic E-state index is 10.0. The average Bonchev–Trinajstić information content (AvgIpc) is 1.63. The van der Waals surface area contributed by atoms with Gasteiger partial charge in [0.05, 0.1) is 0 Å². The zero-order chi connectivity index (χ0) is 7.28. The van der Waals surface area contributed by atoms with E-state index in [2.05, 4.69) is 16.1 Å². The summed E-state index contributed by atoms with van der Waals surface area (Å²) in [4.78, 5) is 14.1. The first-order valence-corrected chi connectivity index (χ1v) is 2.30. The van der Waals surface area contributed by atoms with Gasteiger partial charge in [0.15, 0.2) is 0 Å².